The van der Waals surface area contributed by atoms with Gasteiger partial charge in [0.25, 0.3) is 0 Å². The minimum atomic E-state index is -1.19. The van der Waals surface area contributed by atoms with Crippen LogP contribution >= 0.6 is 30.4 Å². The molecule has 2 aliphatic heterocycles. The Balaban J connectivity index is 0.000000442. The van der Waals surface area contributed by atoms with Crippen LogP contribution in [-0.4, -0.2) is 19.9 Å². The van der Waals surface area contributed by atoms with E-state index in [2.05, 4.69) is 50.3 Å². The van der Waals surface area contributed by atoms with E-state index in [0.29, 0.717) is 0 Å². The monoisotopic (exact) mass is 474 g/mol. The first-order valence-corrected chi connectivity index (χ1v) is 12.5. The van der Waals surface area contributed by atoms with Gasteiger partial charge in [-0.2, -0.15) is 0 Å². The third-order valence-electron chi connectivity index (χ3n) is 4.04. The van der Waals surface area contributed by atoms with Crippen LogP contribution in [0.25, 0.3) is 46.4 Å². The molecule has 3 aromatic rings. The summed E-state index contributed by atoms with van der Waals surface area (Å²) in [6.07, 6.45) is 8.05. The van der Waals surface area contributed by atoms with Crippen LogP contribution < -0.4 is 0 Å². The maximum atomic E-state index is 4.87. The van der Waals surface area contributed by atoms with E-state index in [9.17, 15) is 0 Å². The van der Waals surface area contributed by atoms with Crippen LogP contribution in [0.3, 0.4) is 0 Å². The number of halogens is 3. The number of rotatable bonds is 0. The molecule has 2 N–H and O–H groups in total. The average molecular weight is 476 g/mol. The average Bonchev–Trinajstić information content (AvgIpc) is 3.39. The second kappa shape index (κ2) is 8.55. The van der Waals surface area contributed by atoms with Gasteiger partial charge in [0, 0.05) is 22.1 Å². The molecule has 0 aliphatic carbocycles. The van der Waals surface area contributed by atoms with Crippen molar-refractivity contribution in [3.63, 3.8) is 0 Å². The van der Waals surface area contributed by atoms with Crippen molar-refractivity contribution in [2.24, 2.45) is 0 Å². The Morgan fingerprint density at radius 1 is 0.536 bits per heavy atom. The molecule has 0 aromatic carbocycles. The first-order valence-electron chi connectivity index (χ1n) is 8.22. The van der Waals surface area contributed by atoms with Crippen molar-refractivity contribution >= 4 is 76.8 Å². The number of nitrogens with one attached hydrogen (secondary N) is 2. The number of fused-ring (bicyclic) bond motifs is 8. The molecule has 5 heterocycles. The quantitative estimate of drug-likeness (QED) is 0.261. The number of hydrogen-bond acceptors (Lipinski definition) is 2. The molecule has 8 bridgehead atoms. The van der Waals surface area contributed by atoms with Gasteiger partial charge in [-0.1, -0.05) is 0 Å². The molecule has 144 valence electrons. The summed E-state index contributed by atoms with van der Waals surface area (Å²) >= 11 is 0. The van der Waals surface area contributed by atoms with Crippen LogP contribution in [0.4, 0.5) is 0 Å². The first kappa shape index (κ1) is 19.3. The number of aromatic amines is 2. The molecule has 0 saturated heterocycles. The van der Waals surface area contributed by atoms with E-state index in [4.69, 9.17) is 30.4 Å². The van der Waals surface area contributed by atoms with Gasteiger partial charge in [-0.05, 0) is 72.8 Å². The molecule has 0 radical (unpaired) electrons. The van der Waals surface area contributed by atoms with Crippen LogP contribution in [0, 0.1) is 0 Å². The Hall–Kier alpha value is -2.02. The van der Waals surface area contributed by atoms with E-state index in [1.165, 1.54) is 0 Å². The zero-order valence-corrected chi connectivity index (χ0v) is 17.6. The van der Waals surface area contributed by atoms with Gasteiger partial charge in [-0.15, -0.1) is 0 Å². The van der Waals surface area contributed by atoms with Crippen LogP contribution in [0.2, 0.25) is 0 Å². The van der Waals surface area contributed by atoms with Crippen molar-refractivity contribution in [1.82, 2.24) is 19.9 Å². The molecule has 4 nitrogen and oxygen atoms in total. The van der Waals surface area contributed by atoms with Crippen LogP contribution in [-0.2, 0) is 10.9 Å². The fourth-order valence-corrected chi connectivity index (χ4v) is 2.94. The predicted octanol–water partition coefficient (Wildman–Crippen LogP) is 6.72. The summed E-state index contributed by atoms with van der Waals surface area (Å²) in [4.78, 5) is 16.0. The number of H-pyrrole nitrogens is 2. The van der Waals surface area contributed by atoms with Gasteiger partial charge in [0.1, 0.15) is 0 Å². The van der Waals surface area contributed by atoms with Crippen LogP contribution in [0.15, 0.2) is 48.5 Å². The number of aromatic nitrogens is 4. The summed E-state index contributed by atoms with van der Waals surface area (Å²) in [6, 6.07) is 16.4. The topological polar surface area (TPSA) is 57.4 Å². The summed E-state index contributed by atoms with van der Waals surface area (Å²) in [7, 11) is 13.4. The van der Waals surface area contributed by atoms with Gasteiger partial charge < -0.3 is 9.97 Å². The molecule has 0 fully saturated rings. The van der Waals surface area contributed by atoms with Crippen molar-refractivity contribution in [3.05, 3.63) is 71.3 Å². The van der Waals surface area contributed by atoms with E-state index in [-0.39, 0.29) is 0 Å². The number of nitrogens with zero attached hydrogens (tertiary/aromatic N) is 2. The van der Waals surface area contributed by atoms with Crippen LogP contribution in [0.5, 0.6) is 0 Å². The van der Waals surface area contributed by atoms with Gasteiger partial charge in [0.2, 0.25) is 0 Å². The fraction of sp³-hybridized carbons (Fsp3) is 0. The second-order valence-corrected chi connectivity index (χ2v) is 11.2. The molecule has 0 unspecified atom stereocenters. The zero-order valence-electron chi connectivity index (χ0n) is 14.3. The second-order valence-electron chi connectivity index (χ2n) is 6.05. The Kier molecular flexibility index (Phi) is 5.89. The van der Waals surface area contributed by atoms with Crippen LogP contribution in [0.1, 0.15) is 22.8 Å². The van der Waals surface area contributed by atoms with E-state index in [0.717, 1.165) is 44.8 Å². The normalized spacial score (nSPS) is 12.5. The zero-order chi connectivity index (χ0) is 19.5. The Morgan fingerprint density at radius 3 is 1.25 bits per heavy atom. The van der Waals surface area contributed by atoms with Crippen molar-refractivity contribution in [2.45, 2.75) is 0 Å². The SMILES string of the molecule is C1=Cc2cc3ccc(cc4ccc(cc5nc(cc1n2)C=C5)[nH]4)[nH]3.[Cl][Co]([Cl])[Cl]. The first-order chi connectivity index (χ1) is 13.5. The molecule has 0 spiro atoms. The summed E-state index contributed by atoms with van der Waals surface area (Å²) in [5.41, 5.74) is 7.86. The molecule has 3 aromatic heterocycles. The van der Waals surface area contributed by atoms with E-state index in [1.807, 2.05) is 42.5 Å². The predicted molar refractivity (Wildman–Crippen MR) is 116 cm³/mol. The Labute approximate surface area is 178 Å². The minimum absolute atomic E-state index is 0.915. The van der Waals surface area contributed by atoms with Gasteiger partial charge in [0.15, 0.2) is 0 Å². The maximum absolute atomic E-state index is 4.87. The van der Waals surface area contributed by atoms with E-state index in [1.54, 1.807) is 0 Å². The third-order valence-corrected chi connectivity index (χ3v) is 4.04. The van der Waals surface area contributed by atoms with E-state index >= 15 is 0 Å². The van der Waals surface area contributed by atoms with Gasteiger partial charge in [-0.25, -0.2) is 9.97 Å². The van der Waals surface area contributed by atoms with Crippen molar-refractivity contribution in [3.8, 4) is 0 Å². The van der Waals surface area contributed by atoms with Gasteiger partial charge in [-0.3, -0.25) is 0 Å². The Bertz CT molecular complexity index is 1130. The fourth-order valence-electron chi connectivity index (χ4n) is 2.94. The molecule has 28 heavy (non-hydrogen) atoms. The summed E-state index contributed by atoms with van der Waals surface area (Å²) < 4.78 is 0. The van der Waals surface area contributed by atoms with Crippen molar-refractivity contribution in [2.75, 3.05) is 0 Å². The van der Waals surface area contributed by atoms with Gasteiger partial charge >= 0.3 is 41.4 Å². The summed E-state index contributed by atoms with van der Waals surface area (Å²) in [6.45, 7) is 0. The summed E-state index contributed by atoms with van der Waals surface area (Å²) in [5.74, 6) is 0. The van der Waals surface area contributed by atoms with Crippen molar-refractivity contribution < 1.29 is 10.9 Å². The molecule has 2 aliphatic rings. The van der Waals surface area contributed by atoms with Gasteiger partial charge in [0.05, 0.1) is 22.8 Å². The van der Waals surface area contributed by atoms with E-state index < -0.39 is 10.9 Å². The number of hydrogen-bond donors (Lipinski definition) is 2. The van der Waals surface area contributed by atoms with Crippen molar-refractivity contribution in [1.29, 1.82) is 0 Å². The molecule has 0 saturated carbocycles. The molecular formula is C20H14Cl3CoN4. The molecule has 5 rings (SSSR count). The molecular weight excluding hydrogens is 462 g/mol. The standard InChI is InChI=1S/C20H14N4.3ClH.Co/c1-2-14-10-16-5-6-18(23-16)12-20-8-7-19(24-20)11-17-4-3-15(22-17)9-13(1)21-14;;;;/h1-12,21-22H;3*1H;/q;;;;+3/p-3. The summed E-state index contributed by atoms with van der Waals surface area (Å²) in [5, 5.41) is 0. The Morgan fingerprint density at radius 2 is 0.857 bits per heavy atom. The third kappa shape index (κ3) is 5.07. The molecule has 8 heteroatoms. The molecule has 0 amide bonds. The molecule has 0 atom stereocenters.